The van der Waals surface area contributed by atoms with Crippen LogP contribution >= 0.6 is 0 Å². The topological polar surface area (TPSA) is 60.8 Å². The third kappa shape index (κ3) is 18.1. The number of ether oxygens (including phenoxy) is 1. The van der Waals surface area contributed by atoms with Gasteiger partial charge < -0.3 is 4.74 Å². The molecule has 312 valence electrons. The van der Waals surface area contributed by atoms with Crippen molar-refractivity contribution in [2.75, 3.05) is 0 Å². The van der Waals surface area contributed by atoms with Crippen molar-refractivity contribution in [3.63, 3.8) is 0 Å². The van der Waals surface area contributed by atoms with E-state index >= 15 is 0 Å². The molecular formula is C50H78N4OSi2. The number of benzene rings is 2. The number of aromatic nitrogens is 4. The molecule has 0 saturated carbocycles. The van der Waals surface area contributed by atoms with Gasteiger partial charge in [-0.25, -0.2) is 19.9 Å². The number of nitrogens with zero attached hydrogens (tertiary/aromatic N) is 4. The van der Waals surface area contributed by atoms with Gasteiger partial charge in [-0.15, -0.1) is 0 Å². The fourth-order valence-corrected chi connectivity index (χ4v) is 10.2. The zero-order valence-corrected chi connectivity index (χ0v) is 39.5. The zero-order valence-electron chi connectivity index (χ0n) is 37.5. The van der Waals surface area contributed by atoms with E-state index in [0.717, 1.165) is 72.8 Å². The molecule has 4 rings (SSSR count). The van der Waals surface area contributed by atoms with Crippen LogP contribution in [0.3, 0.4) is 0 Å². The quantitative estimate of drug-likeness (QED) is 0.0423. The van der Waals surface area contributed by atoms with Crippen LogP contribution in [0, 0.1) is 0 Å². The van der Waals surface area contributed by atoms with E-state index in [9.17, 15) is 0 Å². The Morgan fingerprint density at radius 3 is 1.14 bits per heavy atom. The van der Waals surface area contributed by atoms with Crippen LogP contribution in [0.4, 0.5) is 0 Å². The van der Waals surface area contributed by atoms with Gasteiger partial charge in [-0.05, 0) is 110 Å². The predicted octanol–water partition coefficient (Wildman–Crippen LogP) is 15.5. The van der Waals surface area contributed by atoms with E-state index in [1.807, 2.05) is 24.8 Å². The van der Waals surface area contributed by atoms with Gasteiger partial charge in [0, 0.05) is 52.1 Å². The van der Waals surface area contributed by atoms with Gasteiger partial charge in [-0.2, -0.15) is 0 Å². The van der Waals surface area contributed by atoms with Crippen molar-refractivity contribution in [2.45, 2.75) is 194 Å². The van der Waals surface area contributed by atoms with Crippen molar-refractivity contribution in [1.29, 1.82) is 0 Å². The van der Waals surface area contributed by atoms with Crippen LogP contribution in [0.25, 0.3) is 22.8 Å². The number of rotatable bonds is 28. The van der Waals surface area contributed by atoms with E-state index in [2.05, 4.69) is 89.5 Å². The summed E-state index contributed by atoms with van der Waals surface area (Å²) in [5.41, 5.74) is 7.06. The molecule has 0 radical (unpaired) electrons. The molecule has 57 heavy (non-hydrogen) atoms. The number of hydrogen-bond acceptors (Lipinski definition) is 5. The minimum Gasteiger partial charge on any atom is -0.457 e. The molecule has 0 bridgehead atoms. The highest BCUT2D eigenvalue weighted by atomic mass is 28.3. The lowest BCUT2D eigenvalue weighted by Crippen LogP contribution is -2.18. The summed E-state index contributed by atoms with van der Waals surface area (Å²) < 4.78 is 6.95. The molecule has 0 saturated heterocycles. The molecule has 0 atom stereocenters. The second kappa shape index (κ2) is 24.7. The molecule has 0 fully saturated rings. The van der Waals surface area contributed by atoms with Gasteiger partial charge >= 0.3 is 0 Å². The SMILES string of the molecule is CCCCCCCCc1cnc(-c2ccc(Oc3ccc(-c4ncc(CCCCCCCC)cn4)cc3CCCC[Si](C)(C)C)c(CCCC[Si](C)(C)C)c2)nc1. The lowest BCUT2D eigenvalue weighted by atomic mass is 10.0. The Kier molecular flexibility index (Phi) is 20.1. The Morgan fingerprint density at radius 2 is 0.772 bits per heavy atom. The lowest BCUT2D eigenvalue weighted by Gasteiger charge is -2.18. The molecular weight excluding hydrogens is 729 g/mol. The molecule has 0 aliphatic rings. The Hall–Kier alpha value is -3.17. The molecule has 0 spiro atoms. The van der Waals surface area contributed by atoms with E-state index in [4.69, 9.17) is 24.7 Å². The van der Waals surface area contributed by atoms with Crippen molar-refractivity contribution in [2.24, 2.45) is 0 Å². The average molecular weight is 807 g/mol. The maximum absolute atomic E-state index is 6.95. The molecule has 2 heterocycles. The highest BCUT2D eigenvalue weighted by Gasteiger charge is 2.17. The van der Waals surface area contributed by atoms with Gasteiger partial charge in [-0.1, -0.05) is 142 Å². The normalized spacial score (nSPS) is 12.0. The molecule has 0 N–H and O–H groups in total. The Bertz CT molecular complexity index is 1580. The lowest BCUT2D eigenvalue weighted by molar-refractivity contribution is 0.468. The maximum Gasteiger partial charge on any atom is 0.159 e. The fraction of sp³-hybridized carbons (Fsp3) is 0.600. The Labute approximate surface area is 350 Å². The van der Waals surface area contributed by atoms with Crippen LogP contribution in [0.15, 0.2) is 61.2 Å². The van der Waals surface area contributed by atoms with Crippen molar-refractivity contribution >= 4 is 16.1 Å². The third-order valence-electron chi connectivity index (χ3n) is 11.2. The van der Waals surface area contributed by atoms with Crippen LogP contribution in [-0.2, 0) is 25.7 Å². The molecule has 0 amide bonds. The molecule has 5 nitrogen and oxygen atoms in total. The van der Waals surface area contributed by atoms with Gasteiger partial charge in [0.05, 0.1) is 0 Å². The Balaban J connectivity index is 1.54. The van der Waals surface area contributed by atoms with E-state index in [1.54, 1.807) is 0 Å². The van der Waals surface area contributed by atoms with E-state index < -0.39 is 16.1 Å². The van der Waals surface area contributed by atoms with Gasteiger partial charge in [0.25, 0.3) is 0 Å². The molecule has 0 aliphatic heterocycles. The minimum absolute atomic E-state index is 0.794. The zero-order chi connectivity index (χ0) is 40.9. The first kappa shape index (κ1) is 46.5. The smallest absolute Gasteiger partial charge is 0.159 e. The van der Waals surface area contributed by atoms with Gasteiger partial charge in [-0.3, -0.25) is 0 Å². The van der Waals surface area contributed by atoms with Crippen LogP contribution in [0.5, 0.6) is 11.5 Å². The summed E-state index contributed by atoms with van der Waals surface area (Å²) in [5.74, 6) is 3.47. The Morgan fingerprint density at radius 1 is 0.421 bits per heavy atom. The van der Waals surface area contributed by atoms with Crippen molar-refractivity contribution in [1.82, 2.24) is 19.9 Å². The summed E-state index contributed by atoms with van der Waals surface area (Å²) in [6.07, 6.45) is 32.6. The highest BCUT2D eigenvalue weighted by Crippen LogP contribution is 2.35. The van der Waals surface area contributed by atoms with Gasteiger partial charge in [0.1, 0.15) is 11.5 Å². The van der Waals surface area contributed by atoms with Crippen LogP contribution < -0.4 is 4.74 Å². The van der Waals surface area contributed by atoms with Crippen molar-refractivity contribution < 1.29 is 4.74 Å². The molecule has 0 aliphatic carbocycles. The van der Waals surface area contributed by atoms with E-state index in [1.165, 1.54) is 124 Å². The molecule has 7 heteroatoms. The number of unbranched alkanes of at least 4 members (excludes halogenated alkanes) is 12. The summed E-state index contributed by atoms with van der Waals surface area (Å²) in [5, 5.41) is 0. The number of hydrogen-bond donors (Lipinski definition) is 0. The second-order valence-corrected chi connectivity index (χ2v) is 30.4. The first-order valence-corrected chi connectivity index (χ1v) is 30.4. The largest absolute Gasteiger partial charge is 0.457 e. The first-order chi connectivity index (χ1) is 27.4. The first-order valence-electron chi connectivity index (χ1n) is 23.0. The predicted molar refractivity (Wildman–Crippen MR) is 251 cm³/mol. The third-order valence-corrected chi connectivity index (χ3v) is 14.9. The summed E-state index contributed by atoms with van der Waals surface area (Å²) >= 11 is 0. The van der Waals surface area contributed by atoms with Crippen molar-refractivity contribution in [3.8, 4) is 34.3 Å². The van der Waals surface area contributed by atoms with E-state index in [0.29, 0.717) is 0 Å². The number of aryl methyl sites for hydroxylation is 4. The van der Waals surface area contributed by atoms with Crippen LogP contribution in [-0.4, -0.2) is 36.1 Å². The average Bonchev–Trinajstić information content (AvgIpc) is 3.18. The summed E-state index contributed by atoms with van der Waals surface area (Å²) in [4.78, 5) is 19.4. The summed E-state index contributed by atoms with van der Waals surface area (Å²) in [7, 11) is -2.20. The van der Waals surface area contributed by atoms with Gasteiger partial charge in [0.15, 0.2) is 11.6 Å². The standard InChI is InChI=1S/C50H78N4OSi2/c1-9-11-13-15-17-19-25-41-37-51-49(52-38-41)45-29-31-47(43(35-45)27-21-23-33-56(3,4)5)55-48-32-30-46(36-44(48)28-22-24-34-57(6,7)8)50-53-39-42(40-54-50)26-20-18-16-14-12-10-2/h29-32,35-40H,9-28,33-34H2,1-8H3. The maximum atomic E-state index is 6.95. The monoisotopic (exact) mass is 807 g/mol. The van der Waals surface area contributed by atoms with Crippen molar-refractivity contribution in [3.05, 3.63) is 83.4 Å². The minimum atomic E-state index is -1.10. The molecule has 2 aromatic heterocycles. The fourth-order valence-electron chi connectivity index (χ4n) is 7.57. The summed E-state index contributed by atoms with van der Waals surface area (Å²) in [6, 6.07) is 15.9. The van der Waals surface area contributed by atoms with E-state index in [-0.39, 0.29) is 0 Å². The van der Waals surface area contributed by atoms with Gasteiger partial charge in [0.2, 0.25) is 0 Å². The van der Waals surface area contributed by atoms with Crippen LogP contribution in [0.2, 0.25) is 51.4 Å². The second-order valence-electron chi connectivity index (χ2n) is 19.1. The van der Waals surface area contributed by atoms with Crippen LogP contribution in [0.1, 0.15) is 139 Å². The molecule has 2 aromatic carbocycles. The summed E-state index contributed by atoms with van der Waals surface area (Å²) in [6.45, 7) is 19.4. The molecule has 4 aromatic rings. The highest BCUT2D eigenvalue weighted by molar-refractivity contribution is 6.76. The molecule has 0 unspecified atom stereocenters.